The molecule has 0 aliphatic rings. The Morgan fingerprint density at radius 2 is 2.25 bits per heavy atom. The van der Waals surface area contributed by atoms with Crippen molar-refractivity contribution in [2.75, 3.05) is 6.54 Å². The van der Waals surface area contributed by atoms with Gasteiger partial charge in [-0.25, -0.2) is 4.39 Å². The van der Waals surface area contributed by atoms with Crippen LogP contribution in [0, 0.1) is 5.82 Å². The zero-order valence-corrected chi connectivity index (χ0v) is 9.72. The summed E-state index contributed by atoms with van der Waals surface area (Å²) in [4.78, 5) is 0. The number of nitrogens with zero attached hydrogens (tertiary/aromatic N) is 2. The monoisotopic (exact) mass is 237 g/mol. The summed E-state index contributed by atoms with van der Waals surface area (Å²) in [6, 6.07) is 6.40. The fraction of sp³-hybridized carbons (Fsp3) is 0.273. The highest BCUT2D eigenvalue weighted by Gasteiger charge is 2.06. The van der Waals surface area contributed by atoms with Gasteiger partial charge in [-0.05, 0) is 18.7 Å². The van der Waals surface area contributed by atoms with Crippen LogP contribution in [0.25, 0.3) is 10.6 Å². The van der Waals surface area contributed by atoms with Crippen LogP contribution in [0.3, 0.4) is 0 Å². The predicted octanol–water partition coefficient (Wildman–Crippen LogP) is 2.45. The fourth-order valence-electron chi connectivity index (χ4n) is 1.30. The van der Waals surface area contributed by atoms with Gasteiger partial charge in [-0.15, -0.1) is 10.2 Å². The van der Waals surface area contributed by atoms with Crippen LogP contribution >= 0.6 is 11.3 Å². The molecular formula is C11H12FN3S. The Hall–Kier alpha value is -1.33. The molecule has 0 amide bonds. The summed E-state index contributed by atoms with van der Waals surface area (Å²) in [6.45, 7) is 3.65. The van der Waals surface area contributed by atoms with Crippen LogP contribution in [0.2, 0.25) is 0 Å². The number of hydrogen-bond donors (Lipinski definition) is 1. The van der Waals surface area contributed by atoms with Crippen molar-refractivity contribution in [3.05, 3.63) is 35.1 Å². The van der Waals surface area contributed by atoms with Crippen molar-refractivity contribution in [1.29, 1.82) is 0 Å². The number of nitrogens with one attached hydrogen (secondary N) is 1. The fourth-order valence-corrected chi connectivity index (χ4v) is 2.10. The van der Waals surface area contributed by atoms with Gasteiger partial charge in [0.2, 0.25) is 0 Å². The molecule has 0 fully saturated rings. The third-order valence-corrected chi connectivity index (χ3v) is 3.04. The molecule has 1 aromatic carbocycles. The topological polar surface area (TPSA) is 37.8 Å². The smallest absolute Gasteiger partial charge is 0.147 e. The van der Waals surface area contributed by atoms with Gasteiger partial charge in [0, 0.05) is 12.1 Å². The highest BCUT2D eigenvalue weighted by Crippen LogP contribution is 2.23. The Morgan fingerprint density at radius 3 is 3.00 bits per heavy atom. The minimum Gasteiger partial charge on any atom is -0.311 e. The summed E-state index contributed by atoms with van der Waals surface area (Å²) >= 11 is 1.48. The van der Waals surface area contributed by atoms with Crippen molar-refractivity contribution in [1.82, 2.24) is 15.5 Å². The number of halogens is 1. The van der Waals surface area contributed by atoms with E-state index in [1.807, 2.05) is 13.0 Å². The standard InChI is InChI=1S/C11H12FN3S/c1-2-13-7-10-14-15-11(16-10)8-4-3-5-9(12)6-8/h3-6,13H,2,7H2,1H3. The second kappa shape index (κ2) is 5.14. The average Bonchev–Trinajstić information content (AvgIpc) is 2.75. The molecule has 0 aliphatic carbocycles. The second-order valence-electron chi connectivity index (χ2n) is 3.29. The Morgan fingerprint density at radius 1 is 1.38 bits per heavy atom. The first-order valence-corrected chi connectivity index (χ1v) is 5.90. The zero-order chi connectivity index (χ0) is 11.4. The SMILES string of the molecule is CCNCc1nnc(-c2cccc(F)c2)s1. The molecule has 2 aromatic rings. The van der Waals surface area contributed by atoms with E-state index in [-0.39, 0.29) is 5.82 Å². The lowest BCUT2D eigenvalue weighted by Crippen LogP contribution is -2.11. The Bertz CT molecular complexity index is 470. The van der Waals surface area contributed by atoms with E-state index in [0.29, 0.717) is 6.54 Å². The third-order valence-electron chi connectivity index (χ3n) is 2.06. The molecule has 0 saturated carbocycles. The molecule has 1 N–H and O–H groups in total. The first kappa shape index (κ1) is 11.2. The van der Waals surface area contributed by atoms with Crippen LogP contribution in [0.5, 0.6) is 0 Å². The summed E-state index contributed by atoms with van der Waals surface area (Å²) in [5.41, 5.74) is 0.778. The largest absolute Gasteiger partial charge is 0.311 e. The lowest BCUT2D eigenvalue weighted by molar-refractivity contribution is 0.628. The maximum absolute atomic E-state index is 13.0. The van der Waals surface area contributed by atoms with Gasteiger partial charge in [-0.2, -0.15) is 0 Å². The highest BCUT2D eigenvalue weighted by molar-refractivity contribution is 7.14. The number of benzene rings is 1. The van der Waals surface area contributed by atoms with E-state index in [1.54, 1.807) is 6.07 Å². The number of hydrogen-bond acceptors (Lipinski definition) is 4. The van der Waals surface area contributed by atoms with Crippen LogP contribution in [0.4, 0.5) is 4.39 Å². The molecule has 0 spiro atoms. The van der Waals surface area contributed by atoms with Crippen molar-refractivity contribution in [3.8, 4) is 10.6 Å². The summed E-state index contributed by atoms with van der Waals surface area (Å²) in [7, 11) is 0. The van der Waals surface area contributed by atoms with E-state index in [4.69, 9.17) is 0 Å². The minimum atomic E-state index is -0.249. The second-order valence-corrected chi connectivity index (χ2v) is 4.35. The van der Waals surface area contributed by atoms with Crippen molar-refractivity contribution in [2.24, 2.45) is 0 Å². The van der Waals surface area contributed by atoms with Crippen molar-refractivity contribution in [3.63, 3.8) is 0 Å². The molecule has 84 valence electrons. The van der Waals surface area contributed by atoms with Crippen LogP contribution in [-0.4, -0.2) is 16.7 Å². The van der Waals surface area contributed by atoms with E-state index in [1.165, 1.54) is 23.5 Å². The van der Waals surface area contributed by atoms with Crippen LogP contribution < -0.4 is 5.32 Å². The van der Waals surface area contributed by atoms with Gasteiger partial charge in [-0.3, -0.25) is 0 Å². The molecule has 0 bridgehead atoms. The molecule has 0 radical (unpaired) electrons. The molecule has 0 aliphatic heterocycles. The molecule has 1 aromatic heterocycles. The van der Waals surface area contributed by atoms with Gasteiger partial charge in [-0.1, -0.05) is 30.4 Å². The van der Waals surface area contributed by atoms with E-state index in [2.05, 4.69) is 15.5 Å². The molecule has 0 saturated heterocycles. The van der Waals surface area contributed by atoms with Crippen LogP contribution in [0.1, 0.15) is 11.9 Å². The highest BCUT2D eigenvalue weighted by atomic mass is 32.1. The van der Waals surface area contributed by atoms with Gasteiger partial charge in [0.05, 0.1) is 0 Å². The maximum Gasteiger partial charge on any atom is 0.147 e. The summed E-state index contributed by atoms with van der Waals surface area (Å²) in [5.74, 6) is -0.249. The van der Waals surface area contributed by atoms with Gasteiger partial charge >= 0.3 is 0 Å². The number of rotatable bonds is 4. The van der Waals surface area contributed by atoms with Crippen molar-refractivity contribution < 1.29 is 4.39 Å². The molecule has 1 heterocycles. The lowest BCUT2D eigenvalue weighted by Gasteiger charge is -1.95. The van der Waals surface area contributed by atoms with Gasteiger partial charge < -0.3 is 5.32 Å². The van der Waals surface area contributed by atoms with Crippen molar-refractivity contribution in [2.45, 2.75) is 13.5 Å². The molecule has 5 heteroatoms. The Kier molecular flexibility index (Phi) is 3.58. The molecule has 16 heavy (non-hydrogen) atoms. The predicted molar refractivity (Wildman–Crippen MR) is 62.7 cm³/mol. The van der Waals surface area contributed by atoms with Crippen molar-refractivity contribution >= 4 is 11.3 Å². The maximum atomic E-state index is 13.0. The summed E-state index contributed by atoms with van der Waals surface area (Å²) in [5, 5.41) is 12.9. The molecule has 2 rings (SSSR count). The zero-order valence-electron chi connectivity index (χ0n) is 8.90. The first-order valence-electron chi connectivity index (χ1n) is 5.08. The normalized spacial score (nSPS) is 10.6. The molecule has 0 unspecified atom stereocenters. The number of aromatic nitrogens is 2. The molecule has 3 nitrogen and oxygen atoms in total. The van der Waals surface area contributed by atoms with E-state index >= 15 is 0 Å². The van der Waals surface area contributed by atoms with Crippen LogP contribution in [-0.2, 0) is 6.54 Å². The summed E-state index contributed by atoms with van der Waals surface area (Å²) in [6.07, 6.45) is 0. The molecule has 0 atom stereocenters. The van der Waals surface area contributed by atoms with Gasteiger partial charge in [0.25, 0.3) is 0 Å². The van der Waals surface area contributed by atoms with E-state index in [9.17, 15) is 4.39 Å². The Labute approximate surface area is 97.3 Å². The lowest BCUT2D eigenvalue weighted by atomic mass is 10.2. The quantitative estimate of drug-likeness (QED) is 0.887. The van der Waals surface area contributed by atoms with Gasteiger partial charge in [0.15, 0.2) is 0 Å². The third kappa shape index (κ3) is 2.62. The van der Waals surface area contributed by atoms with Crippen LogP contribution in [0.15, 0.2) is 24.3 Å². The van der Waals surface area contributed by atoms with Gasteiger partial charge in [0.1, 0.15) is 15.8 Å². The molecular weight excluding hydrogens is 225 g/mol. The average molecular weight is 237 g/mol. The van der Waals surface area contributed by atoms with E-state index in [0.717, 1.165) is 22.1 Å². The first-order chi connectivity index (χ1) is 7.79. The van der Waals surface area contributed by atoms with E-state index < -0.39 is 0 Å². The minimum absolute atomic E-state index is 0.249. The Balaban J connectivity index is 2.18. The summed E-state index contributed by atoms with van der Waals surface area (Å²) < 4.78 is 13.0.